The molecule has 254 valence electrons. The second-order valence-corrected chi connectivity index (χ2v) is 16.0. The van der Waals surface area contributed by atoms with Gasteiger partial charge in [-0.2, -0.15) is 0 Å². The number of rotatable bonds is 4. The largest absolute Gasteiger partial charge is 0.314 e. The number of hydrogen-bond donors (Lipinski definition) is 0. The van der Waals surface area contributed by atoms with Gasteiger partial charge in [0, 0.05) is 38.8 Å². The van der Waals surface area contributed by atoms with Crippen LogP contribution in [0.15, 0.2) is 151 Å². The molecule has 0 spiro atoms. The van der Waals surface area contributed by atoms with Gasteiger partial charge in [0.15, 0.2) is 0 Å². The van der Waals surface area contributed by atoms with Gasteiger partial charge < -0.3 is 9.80 Å². The van der Waals surface area contributed by atoms with E-state index < -0.39 is 0 Å². The lowest BCUT2D eigenvalue weighted by atomic mass is 9.65. The van der Waals surface area contributed by atoms with Crippen molar-refractivity contribution in [2.24, 2.45) is 0 Å². The third kappa shape index (κ3) is 4.56. The average molecular weight is 673 g/mol. The van der Waals surface area contributed by atoms with Crippen molar-refractivity contribution in [1.82, 2.24) is 0 Å². The molecule has 0 fully saturated rings. The van der Waals surface area contributed by atoms with E-state index in [1.165, 1.54) is 83.2 Å². The molecule has 2 heteroatoms. The van der Waals surface area contributed by atoms with Gasteiger partial charge in [-0.3, -0.25) is 0 Å². The summed E-state index contributed by atoms with van der Waals surface area (Å²) in [5.41, 5.74) is 15.9. The molecule has 0 aromatic heterocycles. The Bertz CT molecular complexity index is 2630. The van der Waals surface area contributed by atoms with Gasteiger partial charge in [0.05, 0.1) is 11.4 Å². The van der Waals surface area contributed by atoms with Crippen LogP contribution in [0, 0.1) is 0 Å². The highest BCUT2D eigenvalue weighted by atomic mass is 15.2. The topological polar surface area (TPSA) is 6.48 Å². The van der Waals surface area contributed by atoms with E-state index in [9.17, 15) is 0 Å². The van der Waals surface area contributed by atoms with Gasteiger partial charge >= 0.3 is 0 Å². The van der Waals surface area contributed by atoms with Crippen molar-refractivity contribution < 1.29 is 0 Å². The predicted octanol–water partition coefficient (Wildman–Crippen LogP) is 11.7. The molecule has 2 heterocycles. The number of nitrogens with zero attached hydrogens (tertiary/aromatic N) is 2. The van der Waals surface area contributed by atoms with E-state index in [1.807, 2.05) is 0 Å². The third-order valence-electron chi connectivity index (χ3n) is 12.4. The lowest BCUT2D eigenvalue weighted by Gasteiger charge is -2.50. The van der Waals surface area contributed by atoms with E-state index in [4.69, 9.17) is 0 Å². The lowest BCUT2D eigenvalue weighted by Crippen LogP contribution is -2.41. The van der Waals surface area contributed by atoms with Crippen molar-refractivity contribution >= 4 is 45.3 Å². The zero-order chi connectivity index (χ0) is 35.2. The van der Waals surface area contributed by atoms with Crippen LogP contribution in [0.3, 0.4) is 0 Å². The normalized spacial score (nSPS) is 17.5. The van der Waals surface area contributed by atoms with Crippen molar-refractivity contribution in [3.05, 3.63) is 178 Å². The van der Waals surface area contributed by atoms with Crippen molar-refractivity contribution in [3.63, 3.8) is 0 Å². The number of fused-ring (bicyclic) bond motifs is 5. The molecule has 2 aliphatic carbocycles. The summed E-state index contributed by atoms with van der Waals surface area (Å²) in [6.45, 7) is 9.72. The molecule has 4 aliphatic rings. The van der Waals surface area contributed by atoms with Gasteiger partial charge in [0.2, 0.25) is 0 Å². The first kappa shape index (κ1) is 31.2. The van der Waals surface area contributed by atoms with Crippen LogP contribution in [0.2, 0.25) is 0 Å². The van der Waals surface area contributed by atoms with E-state index in [1.54, 1.807) is 5.57 Å². The second kappa shape index (κ2) is 11.5. The minimum atomic E-state index is -0.186. The molecule has 10 rings (SSSR count). The summed E-state index contributed by atoms with van der Waals surface area (Å²) in [5.74, 6) is 0. The summed E-state index contributed by atoms with van der Waals surface area (Å²) in [4.78, 5) is 5.15. The quantitative estimate of drug-likeness (QED) is 0.184. The molecule has 0 N–H and O–H groups in total. The Morgan fingerprint density at radius 3 is 2.15 bits per heavy atom. The summed E-state index contributed by atoms with van der Waals surface area (Å²) < 4.78 is 0. The fourth-order valence-corrected chi connectivity index (χ4v) is 9.63. The molecule has 6 aromatic rings. The Balaban J connectivity index is 1.16. The number of para-hydroxylation sites is 1. The summed E-state index contributed by atoms with van der Waals surface area (Å²) >= 11 is 0. The van der Waals surface area contributed by atoms with Gasteiger partial charge in [-0.05, 0) is 118 Å². The second-order valence-electron chi connectivity index (χ2n) is 16.0. The Morgan fingerprint density at radius 2 is 1.31 bits per heavy atom. The molecule has 2 nitrogen and oxygen atoms in total. The van der Waals surface area contributed by atoms with Crippen molar-refractivity contribution in [2.45, 2.75) is 64.2 Å². The lowest BCUT2D eigenvalue weighted by molar-refractivity contribution is 0.555. The van der Waals surface area contributed by atoms with Crippen LogP contribution < -0.4 is 20.2 Å². The molecular formula is C50H44N2. The molecular weight excluding hydrogens is 629 g/mol. The summed E-state index contributed by atoms with van der Waals surface area (Å²) in [5, 5.41) is 5.18. The SMILES string of the molecule is CC1(C)C2=C(C=CCC2)N2c3ccc(N(C4=c5ccccc5=CCC4)c4ccc(-c5ccc6ccccc6c5)cc4)cc3C(C)(C)c3cccc1c32. The zero-order valence-corrected chi connectivity index (χ0v) is 30.6. The van der Waals surface area contributed by atoms with Crippen molar-refractivity contribution in [1.29, 1.82) is 0 Å². The zero-order valence-electron chi connectivity index (χ0n) is 30.6. The van der Waals surface area contributed by atoms with Gasteiger partial charge in [0.1, 0.15) is 0 Å². The van der Waals surface area contributed by atoms with Crippen LogP contribution in [-0.2, 0) is 10.8 Å². The summed E-state index contributed by atoms with van der Waals surface area (Å²) in [6.07, 6.45) is 11.4. The molecule has 52 heavy (non-hydrogen) atoms. The first-order valence-corrected chi connectivity index (χ1v) is 19.0. The molecule has 0 unspecified atom stereocenters. The summed E-state index contributed by atoms with van der Waals surface area (Å²) in [7, 11) is 0. The van der Waals surface area contributed by atoms with E-state index in [-0.39, 0.29) is 10.8 Å². The number of benzene rings is 6. The Hall–Kier alpha value is -5.60. The fraction of sp³-hybridized carbons (Fsp3) is 0.200. The Morgan fingerprint density at radius 1 is 0.577 bits per heavy atom. The van der Waals surface area contributed by atoms with Gasteiger partial charge in [-0.25, -0.2) is 0 Å². The van der Waals surface area contributed by atoms with Crippen LogP contribution in [0.4, 0.5) is 22.7 Å². The molecule has 0 amide bonds. The number of hydrogen-bond acceptors (Lipinski definition) is 2. The number of anilines is 4. The van der Waals surface area contributed by atoms with Gasteiger partial charge in [-0.15, -0.1) is 0 Å². The van der Waals surface area contributed by atoms with E-state index >= 15 is 0 Å². The molecule has 0 saturated heterocycles. The van der Waals surface area contributed by atoms with Gasteiger partial charge in [0.25, 0.3) is 0 Å². The van der Waals surface area contributed by atoms with Crippen LogP contribution in [0.25, 0.3) is 33.7 Å². The van der Waals surface area contributed by atoms with Crippen LogP contribution in [0.5, 0.6) is 0 Å². The Kier molecular flexibility index (Phi) is 6.86. The molecule has 0 saturated carbocycles. The monoisotopic (exact) mass is 672 g/mol. The molecule has 0 radical (unpaired) electrons. The van der Waals surface area contributed by atoms with Crippen LogP contribution in [0.1, 0.15) is 70.1 Å². The minimum Gasteiger partial charge on any atom is -0.314 e. The third-order valence-corrected chi connectivity index (χ3v) is 12.4. The fourth-order valence-electron chi connectivity index (χ4n) is 9.63. The van der Waals surface area contributed by atoms with Gasteiger partial charge in [-0.1, -0.05) is 131 Å². The smallest absolute Gasteiger partial charge is 0.0543 e. The predicted molar refractivity (Wildman–Crippen MR) is 220 cm³/mol. The maximum absolute atomic E-state index is 2.60. The molecule has 6 aromatic carbocycles. The van der Waals surface area contributed by atoms with Crippen molar-refractivity contribution in [3.8, 4) is 11.1 Å². The maximum Gasteiger partial charge on any atom is 0.0543 e. The van der Waals surface area contributed by atoms with Crippen LogP contribution >= 0.6 is 0 Å². The highest BCUT2D eigenvalue weighted by Gasteiger charge is 2.46. The standard InChI is InChI=1S/C50H44N2/c1-49(2)41-18-9-10-21-46(41)52-47-30-29-39(32-44(47)50(3,4)43-20-12-19-42(49)48(43)52)51(45-22-11-16-35-14-7-8-17-40(35)45)38-27-25-34(26-28-38)37-24-23-33-13-5-6-15-36(33)31-37/h5-8,10,12-17,19-21,23-32H,9,11,18,22H2,1-4H3. The first-order chi connectivity index (χ1) is 25.3. The van der Waals surface area contributed by atoms with E-state index in [0.29, 0.717) is 0 Å². The number of allylic oxidation sites excluding steroid dienone is 3. The minimum absolute atomic E-state index is 0.00665. The molecule has 0 atom stereocenters. The highest BCUT2D eigenvalue weighted by Crippen LogP contribution is 2.59. The first-order valence-electron chi connectivity index (χ1n) is 19.0. The maximum atomic E-state index is 2.60. The Labute approximate surface area is 307 Å². The molecule has 2 aliphatic heterocycles. The molecule has 0 bridgehead atoms. The summed E-state index contributed by atoms with van der Waals surface area (Å²) in [6, 6.07) is 47.9. The van der Waals surface area contributed by atoms with E-state index in [2.05, 4.69) is 183 Å². The average Bonchev–Trinajstić information content (AvgIpc) is 3.18. The van der Waals surface area contributed by atoms with Crippen LogP contribution in [-0.4, -0.2) is 0 Å². The van der Waals surface area contributed by atoms with E-state index in [0.717, 1.165) is 25.7 Å². The van der Waals surface area contributed by atoms with Crippen molar-refractivity contribution in [2.75, 3.05) is 9.80 Å². The highest BCUT2D eigenvalue weighted by molar-refractivity contribution is 5.91.